The molecule has 0 bridgehead atoms. The Morgan fingerprint density at radius 1 is 0.886 bits per heavy atom. The number of anilines is 3. The summed E-state index contributed by atoms with van der Waals surface area (Å²) in [7, 11) is 0. The molecule has 0 radical (unpaired) electrons. The topological polar surface area (TPSA) is 100 Å². The monoisotopic (exact) mass is 468 g/mol. The van der Waals surface area contributed by atoms with Crippen molar-refractivity contribution in [2.75, 3.05) is 10.6 Å². The van der Waals surface area contributed by atoms with E-state index in [0.717, 1.165) is 5.56 Å². The van der Waals surface area contributed by atoms with E-state index in [1.165, 1.54) is 0 Å². The highest BCUT2D eigenvalue weighted by Gasteiger charge is 2.34. The Bertz CT molecular complexity index is 1390. The minimum absolute atomic E-state index is 0.151. The standard InChI is InChI=1S/C28H28N4O3/c1-18-21(15-10-16-29-18)30-22-23(25(34)24(22)33)31-27(32-26(35)20-13-8-5-9-14-20)28(2,3)17-19-11-6-4-7-12-19/h4-16,27,30-31H,17H2,1-3H3,(H,32,35). The molecule has 0 fully saturated rings. The second-order valence-electron chi connectivity index (χ2n) is 9.24. The number of hydrogen-bond acceptors (Lipinski definition) is 6. The van der Waals surface area contributed by atoms with Crippen LogP contribution in [0, 0.1) is 12.3 Å². The molecule has 1 unspecified atom stereocenters. The van der Waals surface area contributed by atoms with Crippen LogP contribution in [0.5, 0.6) is 0 Å². The summed E-state index contributed by atoms with van der Waals surface area (Å²) in [6, 6.07) is 22.3. The number of aromatic nitrogens is 1. The summed E-state index contributed by atoms with van der Waals surface area (Å²) >= 11 is 0. The van der Waals surface area contributed by atoms with E-state index in [2.05, 4.69) is 20.9 Å². The summed E-state index contributed by atoms with van der Waals surface area (Å²) in [4.78, 5) is 42.3. The summed E-state index contributed by atoms with van der Waals surface area (Å²) in [5.41, 5.74) is 1.50. The number of aryl methyl sites for hydroxylation is 1. The summed E-state index contributed by atoms with van der Waals surface area (Å²) in [5, 5.41) is 9.26. The van der Waals surface area contributed by atoms with Crippen molar-refractivity contribution in [3.05, 3.63) is 116 Å². The Morgan fingerprint density at radius 3 is 2.17 bits per heavy atom. The number of nitrogens with one attached hydrogen (secondary N) is 3. The summed E-state index contributed by atoms with van der Waals surface area (Å²) in [6.45, 7) is 5.83. The molecule has 1 atom stereocenters. The molecular weight excluding hydrogens is 440 g/mol. The van der Waals surface area contributed by atoms with Gasteiger partial charge in [-0.3, -0.25) is 19.4 Å². The molecule has 0 aliphatic carbocycles. The van der Waals surface area contributed by atoms with E-state index < -0.39 is 22.4 Å². The van der Waals surface area contributed by atoms with E-state index in [9.17, 15) is 14.4 Å². The molecule has 0 saturated heterocycles. The third kappa shape index (κ3) is 5.30. The molecule has 7 heteroatoms. The number of amides is 1. The Balaban J connectivity index is 1.65. The number of carbonyl (C=O) groups is 1. The maximum atomic E-state index is 13.1. The average molecular weight is 469 g/mol. The summed E-state index contributed by atoms with van der Waals surface area (Å²) < 4.78 is 0. The number of benzene rings is 2. The molecule has 1 aromatic heterocycles. The third-order valence-electron chi connectivity index (χ3n) is 6.06. The Morgan fingerprint density at radius 2 is 1.51 bits per heavy atom. The molecule has 1 amide bonds. The van der Waals surface area contributed by atoms with E-state index in [1.54, 1.807) is 42.6 Å². The van der Waals surface area contributed by atoms with Crippen LogP contribution in [0.3, 0.4) is 0 Å². The zero-order chi connectivity index (χ0) is 25.0. The van der Waals surface area contributed by atoms with Crippen molar-refractivity contribution in [3.8, 4) is 0 Å². The minimum atomic E-state index is -0.644. The van der Waals surface area contributed by atoms with Gasteiger partial charge >= 0.3 is 0 Å². The molecule has 4 aromatic rings. The first kappa shape index (κ1) is 23.9. The van der Waals surface area contributed by atoms with Gasteiger partial charge in [0.25, 0.3) is 16.8 Å². The lowest BCUT2D eigenvalue weighted by molar-refractivity contribution is 0.0907. The van der Waals surface area contributed by atoms with Gasteiger partial charge in [0.1, 0.15) is 17.5 Å². The van der Waals surface area contributed by atoms with E-state index in [-0.39, 0.29) is 17.3 Å². The smallest absolute Gasteiger partial charge is 0.253 e. The molecule has 3 N–H and O–H groups in total. The first-order chi connectivity index (χ1) is 16.8. The first-order valence-corrected chi connectivity index (χ1v) is 11.4. The van der Waals surface area contributed by atoms with Crippen LogP contribution < -0.4 is 26.8 Å². The van der Waals surface area contributed by atoms with Crippen molar-refractivity contribution in [2.24, 2.45) is 5.41 Å². The van der Waals surface area contributed by atoms with Crippen LogP contribution in [0.2, 0.25) is 0 Å². The average Bonchev–Trinajstić information content (AvgIpc) is 2.86. The van der Waals surface area contributed by atoms with Crippen molar-refractivity contribution in [3.63, 3.8) is 0 Å². The predicted molar refractivity (Wildman–Crippen MR) is 139 cm³/mol. The maximum absolute atomic E-state index is 13.1. The molecule has 7 nitrogen and oxygen atoms in total. The minimum Gasteiger partial charge on any atom is -0.360 e. The van der Waals surface area contributed by atoms with E-state index >= 15 is 0 Å². The van der Waals surface area contributed by atoms with Crippen molar-refractivity contribution in [1.82, 2.24) is 10.3 Å². The van der Waals surface area contributed by atoms with Crippen LogP contribution in [0.1, 0.15) is 35.5 Å². The molecule has 0 saturated carbocycles. The fourth-order valence-corrected chi connectivity index (χ4v) is 4.00. The highest BCUT2D eigenvalue weighted by molar-refractivity contribution is 5.94. The van der Waals surface area contributed by atoms with Gasteiger partial charge in [0.15, 0.2) is 0 Å². The van der Waals surface area contributed by atoms with Gasteiger partial charge < -0.3 is 16.0 Å². The largest absolute Gasteiger partial charge is 0.360 e. The van der Waals surface area contributed by atoms with Gasteiger partial charge in [0.2, 0.25) is 0 Å². The zero-order valence-corrected chi connectivity index (χ0v) is 20.0. The normalized spacial score (nSPS) is 12.2. The lowest BCUT2D eigenvalue weighted by atomic mass is 9.82. The van der Waals surface area contributed by atoms with Crippen LogP contribution in [0.25, 0.3) is 0 Å². The van der Waals surface area contributed by atoms with Crippen LogP contribution in [0.4, 0.5) is 17.1 Å². The van der Waals surface area contributed by atoms with Gasteiger partial charge in [-0.1, -0.05) is 62.4 Å². The van der Waals surface area contributed by atoms with Gasteiger partial charge in [-0.05, 0) is 43.2 Å². The van der Waals surface area contributed by atoms with Crippen LogP contribution >= 0.6 is 0 Å². The Labute approximate surface area is 203 Å². The highest BCUT2D eigenvalue weighted by atomic mass is 16.2. The van der Waals surface area contributed by atoms with Crippen molar-refractivity contribution in [2.45, 2.75) is 33.4 Å². The molecule has 1 heterocycles. The maximum Gasteiger partial charge on any atom is 0.253 e. The second-order valence-corrected chi connectivity index (χ2v) is 9.24. The van der Waals surface area contributed by atoms with Crippen molar-refractivity contribution in [1.29, 1.82) is 0 Å². The fraction of sp³-hybridized carbons (Fsp3) is 0.214. The number of pyridine rings is 1. The van der Waals surface area contributed by atoms with Crippen molar-refractivity contribution >= 4 is 23.0 Å². The molecule has 0 spiro atoms. The van der Waals surface area contributed by atoms with Crippen LogP contribution in [0.15, 0.2) is 88.6 Å². The SMILES string of the molecule is Cc1ncccc1Nc1c(NC(NC(=O)c2ccccc2)C(C)(C)Cc2ccccc2)c(=O)c1=O. The van der Waals surface area contributed by atoms with Gasteiger partial charge in [-0.25, -0.2) is 0 Å². The van der Waals surface area contributed by atoms with Gasteiger partial charge in [-0.2, -0.15) is 0 Å². The molecule has 3 aromatic carbocycles. The van der Waals surface area contributed by atoms with E-state index in [0.29, 0.717) is 23.4 Å². The van der Waals surface area contributed by atoms with Gasteiger partial charge in [0.05, 0.1) is 11.4 Å². The number of rotatable bonds is 9. The zero-order valence-electron chi connectivity index (χ0n) is 20.0. The lowest BCUT2D eigenvalue weighted by Gasteiger charge is -2.37. The molecule has 4 rings (SSSR count). The van der Waals surface area contributed by atoms with E-state index in [1.807, 2.05) is 57.2 Å². The number of carbonyl (C=O) groups excluding carboxylic acids is 1. The first-order valence-electron chi connectivity index (χ1n) is 11.4. The fourth-order valence-electron chi connectivity index (χ4n) is 4.00. The summed E-state index contributed by atoms with van der Waals surface area (Å²) in [6.07, 6.45) is 1.64. The van der Waals surface area contributed by atoms with Gasteiger partial charge in [-0.15, -0.1) is 0 Å². The Kier molecular flexibility index (Phi) is 6.78. The third-order valence-corrected chi connectivity index (χ3v) is 6.06. The quantitative estimate of drug-likeness (QED) is 0.252. The number of nitrogens with zero attached hydrogens (tertiary/aromatic N) is 1. The van der Waals surface area contributed by atoms with Crippen LogP contribution in [-0.2, 0) is 6.42 Å². The Hall–Kier alpha value is -4.26. The van der Waals surface area contributed by atoms with E-state index in [4.69, 9.17) is 0 Å². The van der Waals surface area contributed by atoms with Crippen molar-refractivity contribution < 1.29 is 4.79 Å². The molecule has 0 aliphatic rings. The molecular formula is C28H28N4O3. The highest BCUT2D eigenvalue weighted by Crippen LogP contribution is 2.30. The second kappa shape index (κ2) is 9.93. The lowest BCUT2D eigenvalue weighted by Crippen LogP contribution is -2.53. The molecule has 35 heavy (non-hydrogen) atoms. The van der Waals surface area contributed by atoms with Crippen LogP contribution in [-0.4, -0.2) is 17.1 Å². The predicted octanol–water partition coefficient (Wildman–Crippen LogP) is 4.17. The summed E-state index contributed by atoms with van der Waals surface area (Å²) in [5.74, 6) is -0.277. The van der Waals surface area contributed by atoms with Gasteiger partial charge in [0, 0.05) is 17.2 Å². The molecule has 178 valence electrons. The number of hydrogen-bond donors (Lipinski definition) is 3. The molecule has 0 aliphatic heterocycles.